The minimum absolute atomic E-state index is 0. The van der Waals surface area contributed by atoms with Crippen molar-refractivity contribution in [2.75, 3.05) is 12.0 Å². The second-order valence-corrected chi connectivity index (χ2v) is 14.2. The SMILES string of the molecule is C.CS(=O)(=O)N=S=O.Cc1ccccc1N.O=S(=O)(Cl)c1cccc2csnc12.O=S([O-])OCl.c1ccc2nscc2c1. The molecule has 0 aliphatic rings. The first-order valence-electron chi connectivity index (χ1n) is 10.7. The number of benzene rings is 3. The molecule has 0 radical (unpaired) electrons. The van der Waals surface area contributed by atoms with Gasteiger partial charge in [0.05, 0.1) is 23.6 Å². The highest BCUT2D eigenvalue weighted by molar-refractivity contribution is 8.14. The second-order valence-electron chi connectivity index (χ2n) is 7.33. The number of fused-ring (bicyclic) bond motifs is 2. The van der Waals surface area contributed by atoms with Gasteiger partial charge in [-0.3, -0.25) is 0 Å². The van der Waals surface area contributed by atoms with Gasteiger partial charge in [0, 0.05) is 37.9 Å². The normalized spacial score (nSPS) is 10.9. The molecule has 0 saturated heterocycles. The average Bonchev–Trinajstić information content (AvgIpc) is 3.60. The molecule has 0 fully saturated rings. The van der Waals surface area contributed by atoms with Crippen molar-refractivity contribution in [2.24, 2.45) is 3.77 Å². The van der Waals surface area contributed by atoms with Crippen molar-refractivity contribution in [1.29, 1.82) is 0 Å². The molecule has 1 unspecified atom stereocenters. The second kappa shape index (κ2) is 20.5. The molecule has 236 valence electrons. The summed E-state index contributed by atoms with van der Waals surface area (Å²) in [7, 11) is -1.85. The summed E-state index contributed by atoms with van der Waals surface area (Å²) >= 11 is 4.08. The summed E-state index contributed by atoms with van der Waals surface area (Å²) in [4.78, 5) is 0.0768. The van der Waals surface area contributed by atoms with E-state index in [4.69, 9.17) is 25.2 Å². The van der Waals surface area contributed by atoms with Gasteiger partial charge in [0.15, 0.2) is 0 Å². The van der Waals surface area contributed by atoms with Crippen molar-refractivity contribution in [1.82, 2.24) is 8.75 Å². The Bertz CT molecular complexity index is 1810. The zero-order valence-corrected chi connectivity index (χ0v) is 27.8. The van der Waals surface area contributed by atoms with Crippen LogP contribution in [0.4, 0.5) is 5.69 Å². The third-order valence-electron chi connectivity index (χ3n) is 4.29. The Morgan fingerprint density at radius 1 is 0.953 bits per heavy atom. The summed E-state index contributed by atoms with van der Waals surface area (Å²) < 4.78 is 83.0. The number of aryl methyl sites for hydroxylation is 1. The summed E-state index contributed by atoms with van der Waals surface area (Å²) in [6, 6.07) is 20.8. The highest BCUT2D eigenvalue weighted by Crippen LogP contribution is 2.25. The molecular weight excluding hydrogens is 724 g/mol. The topological polar surface area (TPSA) is 199 Å². The molecule has 3 aromatic carbocycles. The largest absolute Gasteiger partial charge is 0.749 e. The minimum Gasteiger partial charge on any atom is -0.749 e. The van der Waals surface area contributed by atoms with E-state index < -0.39 is 30.4 Å². The molecule has 0 spiro atoms. The number of rotatable bonds is 3. The maximum absolute atomic E-state index is 11.1. The summed E-state index contributed by atoms with van der Waals surface area (Å²) in [5.41, 5.74) is 9.08. The fraction of sp³-hybridized carbons (Fsp3) is 0.130. The molecule has 0 aliphatic heterocycles. The van der Waals surface area contributed by atoms with E-state index in [1.807, 2.05) is 49.4 Å². The number of hydrogen-bond donors (Lipinski definition) is 1. The van der Waals surface area contributed by atoms with Gasteiger partial charge in [-0.05, 0) is 53.8 Å². The number of halogens is 2. The van der Waals surface area contributed by atoms with Crippen LogP contribution in [0, 0.1) is 6.92 Å². The molecule has 1 atom stereocenters. The molecule has 5 rings (SSSR count). The molecule has 2 aromatic heterocycles. The van der Waals surface area contributed by atoms with Crippen molar-refractivity contribution in [3.05, 3.63) is 83.1 Å². The van der Waals surface area contributed by atoms with Gasteiger partial charge < -0.3 is 10.3 Å². The van der Waals surface area contributed by atoms with Gasteiger partial charge >= 0.3 is 0 Å². The number of nitrogens with zero attached hydrogens (tertiary/aromatic N) is 3. The first kappa shape index (κ1) is 40.6. The average molecular weight is 749 g/mol. The maximum Gasteiger partial charge on any atom is 0.263 e. The minimum atomic E-state index is -3.68. The zero-order valence-electron chi connectivity index (χ0n) is 21.4. The van der Waals surface area contributed by atoms with Crippen molar-refractivity contribution >= 4 is 115 Å². The van der Waals surface area contributed by atoms with Crippen LogP contribution < -0.4 is 5.73 Å². The lowest BCUT2D eigenvalue weighted by molar-refractivity contribution is 0.457. The number of para-hydroxylation sites is 1. The lowest BCUT2D eigenvalue weighted by atomic mass is 10.2. The third-order valence-corrected chi connectivity index (χ3v) is 8.69. The number of nitrogen functional groups attached to an aromatic ring is 1. The van der Waals surface area contributed by atoms with Crippen molar-refractivity contribution in [2.45, 2.75) is 19.2 Å². The van der Waals surface area contributed by atoms with Crippen molar-refractivity contribution < 1.29 is 33.5 Å². The predicted octanol–water partition coefficient (Wildman–Crippen LogP) is 6.03. The highest BCUT2D eigenvalue weighted by atomic mass is 35.7. The molecule has 0 saturated carbocycles. The number of anilines is 1. The van der Waals surface area contributed by atoms with Crippen LogP contribution in [0.15, 0.2) is 86.2 Å². The molecule has 2 heterocycles. The van der Waals surface area contributed by atoms with Gasteiger partial charge in [-0.1, -0.05) is 59.7 Å². The predicted molar refractivity (Wildman–Crippen MR) is 176 cm³/mol. The highest BCUT2D eigenvalue weighted by Gasteiger charge is 2.15. The first-order chi connectivity index (χ1) is 19.7. The van der Waals surface area contributed by atoms with Crippen LogP contribution in [-0.2, 0) is 45.6 Å². The van der Waals surface area contributed by atoms with Gasteiger partial charge in [0.1, 0.15) is 21.8 Å². The maximum atomic E-state index is 11.1. The number of sulfonamides is 1. The van der Waals surface area contributed by atoms with E-state index in [1.54, 1.807) is 17.5 Å². The van der Waals surface area contributed by atoms with Crippen LogP contribution >= 0.6 is 45.6 Å². The third kappa shape index (κ3) is 16.9. The van der Waals surface area contributed by atoms with Crippen LogP contribution in [0.2, 0.25) is 0 Å². The summed E-state index contributed by atoms with van der Waals surface area (Å²) in [6.07, 6.45) is 0.859. The lowest BCUT2D eigenvalue weighted by Crippen LogP contribution is -1.91. The zero-order chi connectivity index (χ0) is 31.8. The Kier molecular flexibility index (Phi) is 19.4. The van der Waals surface area contributed by atoms with Gasteiger partial charge in [-0.15, -0.1) is 0 Å². The molecule has 5 aromatic rings. The summed E-state index contributed by atoms with van der Waals surface area (Å²) in [5.74, 6) is 0. The molecule has 0 amide bonds. The van der Waals surface area contributed by atoms with E-state index in [0.717, 1.165) is 28.4 Å². The Hall–Kier alpha value is -2.39. The van der Waals surface area contributed by atoms with E-state index >= 15 is 0 Å². The first-order valence-corrected chi connectivity index (χ1v) is 18.5. The summed E-state index contributed by atoms with van der Waals surface area (Å²) in [6.45, 7) is 2.00. The van der Waals surface area contributed by atoms with E-state index in [-0.39, 0.29) is 23.8 Å². The lowest BCUT2D eigenvalue weighted by Gasteiger charge is -1.95. The van der Waals surface area contributed by atoms with Gasteiger partial charge in [-0.2, -0.15) is 16.7 Å². The molecule has 12 nitrogen and oxygen atoms in total. The Morgan fingerprint density at radius 3 is 1.95 bits per heavy atom. The molecule has 0 bridgehead atoms. The van der Waals surface area contributed by atoms with Crippen LogP contribution in [0.1, 0.15) is 13.0 Å². The fourth-order valence-corrected chi connectivity index (χ4v) is 5.34. The van der Waals surface area contributed by atoms with Crippen molar-refractivity contribution in [3.8, 4) is 0 Å². The Balaban J connectivity index is 0.000000530. The van der Waals surface area contributed by atoms with Crippen LogP contribution in [0.3, 0.4) is 0 Å². The fourth-order valence-electron chi connectivity index (χ4n) is 2.52. The van der Waals surface area contributed by atoms with Crippen LogP contribution in [-0.4, -0.2) is 44.8 Å². The van der Waals surface area contributed by atoms with Gasteiger partial charge in [0.25, 0.3) is 19.1 Å². The van der Waals surface area contributed by atoms with Crippen molar-refractivity contribution in [3.63, 3.8) is 0 Å². The number of nitrogens with two attached hydrogens (primary N) is 1. The Labute approximate surface area is 273 Å². The van der Waals surface area contributed by atoms with E-state index in [1.165, 1.54) is 34.5 Å². The van der Waals surface area contributed by atoms with E-state index in [0.29, 0.717) is 5.52 Å². The van der Waals surface area contributed by atoms with Crippen LogP contribution in [0.5, 0.6) is 0 Å². The van der Waals surface area contributed by atoms with E-state index in [9.17, 15) is 21.0 Å². The van der Waals surface area contributed by atoms with Crippen LogP contribution in [0.25, 0.3) is 21.8 Å². The molecule has 20 heteroatoms. The van der Waals surface area contributed by atoms with Gasteiger partial charge in [-0.25, -0.2) is 21.0 Å². The molecule has 2 N–H and O–H groups in total. The molecule has 0 aliphatic carbocycles. The standard InChI is InChI=1S/C7H4ClNO2S2.C7H5NS.C7H9N.CH3NO3S2.CH4.ClHO3S/c8-13(10,11)6-3-1-2-5-4-12-9-7(5)6;1-2-4-7-6(3-1)5-9-8-7;1-6-4-2-3-5-7(6)8;1-7(4,5)2-6-3;;1-4-5(2)3/h1-4H;1-5H;2-5H,8H2,1H3;1H3;1H4;(H,2,3)/p-1. The monoisotopic (exact) mass is 747 g/mol. The summed E-state index contributed by atoms with van der Waals surface area (Å²) in [5, 5.41) is 5.87. The quantitative estimate of drug-likeness (QED) is 0.128. The number of hydrogen-bond acceptors (Lipinski definition) is 13. The smallest absolute Gasteiger partial charge is 0.263 e. The molecule has 43 heavy (non-hydrogen) atoms. The Morgan fingerprint density at radius 2 is 1.49 bits per heavy atom. The number of aromatic nitrogens is 2. The molecular formula is C23H25Cl2N4O8S6-. The van der Waals surface area contributed by atoms with Gasteiger partial charge in [0.2, 0.25) is 11.5 Å². The van der Waals surface area contributed by atoms with E-state index in [2.05, 4.69) is 39.6 Å².